The van der Waals surface area contributed by atoms with Crippen molar-refractivity contribution in [3.63, 3.8) is 0 Å². The van der Waals surface area contributed by atoms with E-state index in [2.05, 4.69) is 38.3 Å². The van der Waals surface area contributed by atoms with Crippen LogP contribution in [0.3, 0.4) is 0 Å². The molecular weight excluding hydrogens is 394 g/mol. The van der Waals surface area contributed by atoms with Crippen LogP contribution in [0.15, 0.2) is 51.0 Å². The van der Waals surface area contributed by atoms with E-state index in [1.807, 2.05) is 31.2 Å². The molecule has 4 rings (SSSR count). The molecule has 0 saturated heterocycles. The second kappa shape index (κ2) is 9.51. The fourth-order valence-corrected chi connectivity index (χ4v) is 4.02. The average Bonchev–Trinajstić information content (AvgIpc) is 3.51. The minimum Gasteiger partial charge on any atom is -0.309 e. The lowest BCUT2D eigenvalue weighted by Gasteiger charge is -2.08. The zero-order valence-electron chi connectivity index (χ0n) is 17.5. The maximum absolute atomic E-state index is 11.6. The summed E-state index contributed by atoms with van der Waals surface area (Å²) >= 11 is 1.52. The fourth-order valence-electron chi connectivity index (χ4n) is 3.27. The summed E-state index contributed by atoms with van der Waals surface area (Å²) in [6.07, 6.45) is 7.63. The van der Waals surface area contributed by atoms with Crippen LogP contribution in [0.1, 0.15) is 63.3 Å². The minimum absolute atomic E-state index is 0.253. The van der Waals surface area contributed by atoms with Gasteiger partial charge < -0.3 is 5.32 Å². The molecule has 2 aromatic rings. The van der Waals surface area contributed by atoms with Crippen LogP contribution in [0.2, 0.25) is 0 Å². The molecule has 1 saturated carbocycles. The number of nitrogens with one attached hydrogen (secondary N) is 1. The number of nitrogens with zero attached hydrogens (tertiary/aromatic N) is 4. The van der Waals surface area contributed by atoms with Crippen molar-refractivity contribution in [3.8, 4) is 0 Å². The number of amidine groups is 1. The lowest BCUT2D eigenvalue weighted by Crippen LogP contribution is -2.12. The van der Waals surface area contributed by atoms with Gasteiger partial charge in [0.1, 0.15) is 17.4 Å². The standard InChI is InChI=1S/C23H27N5OS/c1-3-5-16-13-20(24-14-16)25-22-26-21(17-8-9-17)27-23(28-22)30-19-10-6-15(7-11-19)12-18(29)4-2/h6-7,10-11,13,17H,3-5,8-9,12,14H2,1-2H3,(H,24,25,26,27,28). The molecule has 7 heteroatoms. The van der Waals surface area contributed by atoms with E-state index >= 15 is 0 Å². The molecule has 0 atom stereocenters. The Morgan fingerprint density at radius 1 is 1.13 bits per heavy atom. The first-order valence-corrected chi connectivity index (χ1v) is 11.5. The molecule has 0 unspecified atom stereocenters. The number of hydrogen-bond acceptors (Lipinski definition) is 7. The van der Waals surface area contributed by atoms with Crippen molar-refractivity contribution < 1.29 is 4.79 Å². The van der Waals surface area contributed by atoms with Gasteiger partial charge in [-0.3, -0.25) is 9.79 Å². The summed E-state index contributed by atoms with van der Waals surface area (Å²) in [6, 6.07) is 8.06. The number of hydrogen-bond donors (Lipinski definition) is 1. The van der Waals surface area contributed by atoms with Crippen LogP contribution in [0.5, 0.6) is 0 Å². The fraction of sp³-hybridized carbons (Fsp3) is 0.435. The van der Waals surface area contributed by atoms with Crippen LogP contribution in [0, 0.1) is 0 Å². The van der Waals surface area contributed by atoms with Crippen LogP contribution in [-0.2, 0) is 11.2 Å². The highest BCUT2D eigenvalue weighted by Crippen LogP contribution is 2.39. The number of carbonyl (C=O) groups is 1. The molecule has 6 nitrogen and oxygen atoms in total. The van der Waals surface area contributed by atoms with E-state index in [-0.39, 0.29) is 5.78 Å². The first kappa shape index (κ1) is 20.7. The van der Waals surface area contributed by atoms with E-state index in [0.717, 1.165) is 54.3 Å². The van der Waals surface area contributed by atoms with E-state index in [0.29, 0.717) is 29.9 Å². The number of benzene rings is 1. The molecule has 1 fully saturated rings. The third kappa shape index (κ3) is 5.53. The van der Waals surface area contributed by atoms with Crippen molar-refractivity contribution >= 4 is 29.3 Å². The predicted molar refractivity (Wildman–Crippen MR) is 120 cm³/mol. The Kier molecular flexibility index (Phi) is 6.57. The van der Waals surface area contributed by atoms with Gasteiger partial charge in [-0.25, -0.2) is 4.98 Å². The molecular formula is C23H27N5OS. The summed E-state index contributed by atoms with van der Waals surface area (Å²) in [4.78, 5) is 31.2. The summed E-state index contributed by atoms with van der Waals surface area (Å²) in [7, 11) is 0. The molecule has 2 heterocycles. The van der Waals surface area contributed by atoms with Crippen LogP contribution < -0.4 is 5.32 Å². The summed E-state index contributed by atoms with van der Waals surface area (Å²) in [5.41, 5.74) is 2.38. The van der Waals surface area contributed by atoms with Gasteiger partial charge in [0, 0.05) is 23.7 Å². The Labute approximate surface area is 181 Å². The highest BCUT2D eigenvalue weighted by atomic mass is 32.2. The normalized spacial score (nSPS) is 15.7. The molecule has 2 aliphatic rings. The molecule has 0 amide bonds. The molecule has 30 heavy (non-hydrogen) atoms. The number of anilines is 1. The number of carbonyl (C=O) groups excluding carboxylic acids is 1. The first-order valence-electron chi connectivity index (χ1n) is 10.7. The van der Waals surface area contributed by atoms with Gasteiger partial charge in [-0.1, -0.05) is 32.4 Å². The van der Waals surface area contributed by atoms with Crippen molar-refractivity contribution in [2.24, 2.45) is 4.99 Å². The van der Waals surface area contributed by atoms with E-state index < -0.39 is 0 Å². The summed E-state index contributed by atoms with van der Waals surface area (Å²) in [6.45, 7) is 4.83. The van der Waals surface area contributed by atoms with Crippen molar-refractivity contribution in [1.82, 2.24) is 15.0 Å². The molecule has 1 N–H and O–H groups in total. The summed E-state index contributed by atoms with van der Waals surface area (Å²) in [5, 5.41) is 3.96. The van der Waals surface area contributed by atoms with Gasteiger partial charge >= 0.3 is 0 Å². The van der Waals surface area contributed by atoms with Gasteiger partial charge in [0.05, 0.1) is 6.54 Å². The second-order valence-corrected chi connectivity index (χ2v) is 8.81. The molecule has 1 aliphatic heterocycles. The maximum Gasteiger partial charge on any atom is 0.232 e. The lowest BCUT2D eigenvalue weighted by molar-refractivity contribution is -0.118. The Balaban J connectivity index is 1.48. The summed E-state index contributed by atoms with van der Waals surface area (Å²) < 4.78 is 0. The minimum atomic E-state index is 0.253. The first-order chi connectivity index (χ1) is 14.6. The third-order valence-electron chi connectivity index (χ3n) is 5.11. The topological polar surface area (TPSA) is 80.1 Å². The largest absolute Gasteiger partial charge is 0.309 e. The van der Waals surface area contributed by atoms with E-state index in [1.165, 1.54) is 17.3 Å². The number of aromatic nitrogens is 3. The highest BCUT2D eigenvalue weighted by Gasteiger charge is 2.28. The third-order valence-corrected chi connectivity index (χ3v) is 5.98. The van der Waals surface area contributed by atoms with E-state index in [4.69, 9.17) is 0 Å². The maximum atomic E-state index is 11.6. The molecule has 0 spiro atoms. The molecule has 156 valence electrons. The van der Waals surface area contributed by atoms with Crippen LogP contribution in [-0.4, -0.2) is 33.1 Å². The number of Topliss-reactive ketones (excluding diaryl/α,β-unsaturated/α-hetero) is 1. The predicted octanol–water partition coefficient (Wildman–Crippen LogP) is 4.97. The van der Waals surface area contributed by atoms with E-state index in [9.17, 15) is 4.79 Å². The number of rotatable bonds is 9. The van der Waals surface area contributed by atoms with Gasteiger partial charge in [0.2, 0.25) is 5.95 Å². The molecule has 1 aliphatic carbocycles. The average molecular weight is 422 g/mol. The Morgan fingerprint density at radius 3 is 2.63 bits per heavy atom. The molecule has 0 radical (unpaired) electrons. The van der Waals surface area contributed by atoms with E-state index in [1.54, 1.807) is 0 Å². The zero-order chi connectivity index (χ0) is 20.9. The van der Waals surface area contributed by atoms with Crippen molar-refractivity contribution in [3.05, 3.63) is 47.3 Å². The monoisotopic (exact) mass is 421 g/mol. The van der Waals surface area contributed by atoms with Gasteiger partial charge in [0.25, 0.3) is 0 Å². The molecule has 1 aromatic heterocycles. The van der Waals surface area contributed by atoms with Crippen LogP contribution in [0.25, 0.3) is 0 Å². The number of ketones is 1. The van der Waals surface area contributed by atoms with Crippen molar-refractivity contribution in [1.29, 1.82) is 0 Å². The van der Waals surface area contributed by atoms with Gasteiger partial charge in [-0.15, -0.1) is 0 Å². The Hall–Kier alpha value is -2.54. The second-order valence-electron chi connectivity index (χ2n) is 7.77. The number of aliphatic imine (C=N–C) groups is 1. The van der Waals surface area contributed by atoms with Crippen LogP contribution >= 0.6 is 11.8 Å². The SMILES string of the molecule is CCCC1=CC(Nc2nc(Sc3ccc(CC(=O)CC)cc3)nc(C3CC3)n2)=NC1. The van der Waals surface area contributed by atoms with Crippen molar-refractivity contribution in [2.75, 3.05) is 11.9 Å². The Bertz CT molecular complexity index is 980. The van der Waals surface area contributed by atoms with Crippen molar-refractivity contribution in [2.45, 2.75) is 68.3 Å². The summed E-state index contributed by atoms with van der Waals surface area (Å²) in [5.74, 6) is 2.94. The molecule has 1 aromatic carbocycles. The van der Waals surface area contributed by atoms with Crippen LogP contribution in [0.4, 0.5) is 5.95 Å². The highest BCUT2D eigenvalue weighted by molar-refractivity contribution is 7.99. The van der Waals surface area contributed by atoms with Gasteiger partial charge in [-0.05, 0) is 60.4 Å². The lowest BCUT2D eigenvalue weighted by atomic mass is 10.1. The van der Waals surface area contributed by atoms with Gasteiger partial charge in [0.15, 0.2) is 5.16 Å². The molecule has 0 bridgehead atoms. The quantitative estimate of drug-likeness (QED) is 0.615. The van der Waals surface area contributed by atoms with Gasteiger partial charge in [-0.2, -0.15) is 9.97 Å². The zero-order valence-corrected chi connectivity index (χ0v) is 18.3. The Morgan fingerprint density at radius 2 is 1.93 bits per heavy atom. The smallest absolute Gasteiger partial charge is 0.232 e.